The van der Waals surface area contributed by atoms with Crippen molar-refractivity contribution in [2.75, 3.05) is 0 Å². The SMILES string of the molecule is CC1CC(C#N)(C(=O)NCc2cccc(Cl)c2)C1. The molecule has 1 aromatic carbocycles. The average Bonchev–Trinajstić information content (AvgIpc) is 2.32. The smallest absolute Gasteiger partial charge is 0.240 e. The van der Waals surface area contributed by atoms with Gasteiger partial charge in [0.1, 0.15) is 5.41 Å². The number of amides is 1. The standard InChI is InChI=1S/C14H15ClN2O/c1-10-6-14(7-10,9-16)13(18)17-8-11-3-2-4-12(15)5-11/h2-5,10H,6-8H2,1H3,(H,17,18). The number of halogens is 1. The molecule has 0 aromatic heterocycles. The fourth-order valence-corrected chi connectivity index (χ4v) is 2.67. The van der Waals surface area contributed by atoms with Gasteiger partial charge in [0, 0.05) is 11.6 Å². The molecule has 1 saturated carbocycles. The van der Waals surface area contributed by atoms with Crippen LogP contribution in [-0.4, -0.2) is 5.91 Å². The molecule has 0 atom stereocenters. The lowest BCUT2D eigenvalue weighted by molar-refractivity contribution is -0.134. The molecule has 0 radical (unpaired) electrons. The number of carbonyl (C=O) groups is 1. The molecule has 0 aliphatic heterocycles. The van der Waals surface area contributed by atoms with E-state index in [2.05, 4.69) is 18.3 Å². The average molecular weight is 263 g/mol. The summed E-state index contributed by atoms with van der Waals surface area (Å²) in [5.41, 5.74) is 0.133. The van der Waals surface area contributed by atoms with Crippen LogP contribution in [0, 0.1) is 22.7 Å². The highest BCUT2D eigenvalue weighted by atomic mass is 35.5. The third kappa shape index (κ3) is 2.49. The molecule has 0 heterocycles. The monoisotopic (exact) mass is 262 g/mol. The number of nitrogens with zero attached hydrogens (tertiary/aromatic N) is 1. The van der Waals surface area contributed by atoms with Crippen LogP contribution in [0.15, 0.2) is 24.3 Å². The highest BCUT2D eigenvalue weighted by molar-refractivity contribution is 6.30. The van der Waals surface area contributed by atoms with Crippen LogP contribution in [0.25, 0.3) is 0 Å². The van der Waals surface area contributed by atoms with Crippen molar-refractivity contribution in [1.82, 2.24) is 5.32 Å². The zero-order chi connectivity index (χ0) is 13.2. The minimum absolute atomic E-state index is 0.164. The van der Waals surface area contributed by atoms with Crippen molar-refractivity contribution in [3.8, 4) is 6.07 Å². The molecule has 1 aliphatic carbocycles. The lowest BCUT2D eigenvalue weighted by atomic mass is 9.63. The van der Waals surface area contributed by atoms with E-state index in [0.29, 0.717) is 30.3 Å². The molecule has 94 valence electrons. The zero-order valence-electron chi connectivity index (χ0n) is 10.2. The Bertz CT molecular complexity index is 501. The molecule has 4 heteroatoms. The molecule has 0 unspecified atom stereocenters. The molecular weight excluding hydrogens is 248 g/mol. The molecule has 1 N–H and O–H groups in total. The molecule has 1 fully saturated rings. The highest BCUT2D eigenvalue weighted by Crippen LogP contribution is 2.45. The van der Waals surface area contributed by atoms with Gasteiger partial charge in [0.25, 0.3) is 0 Å². The second kappa shape index (κ2) is 4.99. The van der Waals surface area contributed by atoms with Crippen molar-refractivity contribution < 1.29 is 4.79 Å². The fraction of sp³-hybridized carbons (Fsp3) is 0.429. The van der Waals surface area contributed by atoms with Crippen molar-refractivity contribution >= 4 is 17.5 Å². The van der Waals surface area contributed by atoms with Gasteiger partial charge in [-0.2, -0.15) is 5.26 Å². The maximum absolute atomic E-state index is 12.0. The first kappa shape index (κ1) is 12.9. The number of hydrogen-bond donors (Lipinski definition) is 1. The molecule has 1 aromatic rings. The Morgan fingerprint density at radius 2 is 2.33 bits per heavy atom. The third-order valence-electron chi connectivity index (χ3n) is 3.38. The Morgan fingerprint density at radius 1 is 1.61 bits per heavy atom. The van der Waals surface area contributed by atoms with Gasteiger partial charge in [-0.15, -0.1) is 0 Å². The lowest BCUT2D eigenvalue weighted by Crippen LogP contribution is -2.47. The normalized spacial score (nSPS) is 25.9. The minimum atomic E-state index is -0.808. The summed E-state index contributed by atoms with van der Waals surface area (Å²) < 4.78 is 0. The summed E-state index contributed by atoms with van der Waals surface area (Å²) in [6.45, 7) is 2.47. The predicted molar refractivity (Wildman–Crippen MR) is 69.7 cm³/mol. The van der Waals surface area contributed by atoms with Crippen molar-refractivity contribution in [1.29, 1.82) is 5.26 Å². The minimum Gasteiger partial charge on any atom is -0.351 e. The molecule has 18 heavy (non-hydrogen) atoms. The Balaban J connectivity index is 1.95. The summed E-state index contributed by atoms with van der Waals surface area (Å²) >= 11 is 5.87. The Kier molecular flexibility index (Phi) is 3.58. The van der Waals surface area contributed by atoms with Crippen LogP contribution in [0.2, 0.25) is 5.02 Å². The number of rotatable bonds is 3. The van der Waals surface area contributed by atoms with Crippen molar-refractivity contribution in [3.63, 3.8) is 0 Å². The van der Waals surface area contributed by atoms with Crippen LogP contribution in [0.1, 0.15) is 25.3 Å². The first-order chi connectivity index (χ1) is 8.55. The van der Waals surface area contributed by atoms with E-state index in [-0.39, 0.29) is 5.91 Å². The molecule has 3 nitrogen and oxygen atoms in total. The number of nitriles is 1. The quantitative estimate of drug-likeness (QED) is 0.911. The van der Waals surface area contributed by atoms with Gasteiger partial charge in [-0.05, 0) is 36.5 Å². The van der Waals surface area contributed by atoms with Crippen molar-refractivity contribution in [2.24, 2.45) is 11.3 Å². The van der Waals surface area contributed by atoms with Gasteiger partial charge in [-0.25, -0.2) is 0 Å². The zero-order valence-corrected chi connectivity index (χ0v) is 11.0. The van der Waals surface area contributed by atoms with Gasteiger partial charge in [0.15, 0.2) is 0 Å². The largest absolute Gasteiger partial charge is 0.351 e. The van der Waals surface area contributed by atoms with E-state index in [4.69, 9.17) is 16.9 Å². The maximum Gasteiger partial charge on any atom is 0.240 e. The number of hydrogen-bond acceptors (Lipinski definition) is 2. The Morgan fingerprint density at radius 3 is 2.89 bits per heavy atom. The van der Waals surface area contributed by atoms with Gasteiger partial charge in [-0.1, -0.05) is 30.7 Å². The van der Waals surface area contributed by atoms with Gasteiger partial charge >= 0.3 is 0 Å². The summed E-state index contributed by atoms with van der Waals surface area (Å²) in [5.74, 6) is 0.296. The van der Waals surface area contributed by atoms with Crippen molar-refractivity contribution in [3.05, 3.63) is 34.9 Å². The van der Waals surface area contributed by atoms with Crippen LogP contribution in [0.3, 0.4) is 0 Å². The van der Waals surface area contributed by atoms with Crippen LogP contribution in [0.5, 0.6) is 0 Å². The predicted octanol–water partition coefficient (Wildman–Crippen LogP) is 2.90. The van der Waals surface area contributed by atoms with Crippen molar-refractivity contribution in [2.45, 2.75) is 26.3 Å². The topological polar surface area (TPSA) is 52.9 Å². The Labute approximate surface area is 112 Å². The fourth-order valence-electron chi connectivity index (χ4n) is 2.46. The van der Waals surface area contributed by atoms with E-state index in [1.165, 1.54) is 0 Å². The van der Waals surface area contributed by atoms with Gasteiger partial charge in [-0.3, -0.25) is 4.79 Å². The summed E-state index contributed by atoms with van der Waals surface area (Å²) in [6, 6.07) is 9.49. The summed E-state index contributed by atoms with van der Waals surface area (Å²) in [6.07, 6.45) is 1.32. The first-order valence-corrected chi connectivity index (χ1v) is 6.37. The van der Waals surface area contributed by atoms with E-state index in [9.17, 15) is 4.79 Å². The van der Waals surface area contributed by atoms with Gasteiger partial charge in [0.05, 0.1) is 6.07 Å². The van der Waals surface area contributed by atoms with E-state index in [1.807, 2.05) is 18.2 Å². The lowest BCUT2D eigenvalue weighted by Gasteiger charge is -2.39. The molecule has 0 spiro atoms. The summed E-state index contributed by atoms with van der Waals surface area (Å²) in [7, 11) is 0. The number of carbonyl (C=O) groups excluding carboxylic acids is 1. The second-order valence-corrected chi connectivity index (χ2v) is 5.46. The van der Waals surface area contributed by atoms with Crippen LogP contribution in [0.4, 0.5) is 0 Å². The van der Waals surface area contributed by atoms with E-state index in [1.54, 1.807) is 6.07 Å². The second-order valence-electron chi connectivity index (χ2n) is 5.02. The van der Waals surface area contributed by atoms with Gasteiger partial charge < -0.3 is 5.32 Å². The highest BCUT2D eigenvalue weighted by Gasteiger charge is 2.48. The molecule has 1 aliphatic rings. The summed E-state index contributed by atoms with van der Waals surface area (Å²) in [4.78, 5) is 12.0. The maximum atomic E-state index is 12.0. The molecule has 1 amide bonds. The van der Waals surface area contributed by atoms with E-state index < -0.39 is 5.41 Å². The molecule has 0 bridgehead atoms. The number of benzene rings is 1. The van der Waals surface area contributed by atoms with Crippen LogP contribution < -0.4 is 5.32 Å². The van der Waals surface area contributed by atoms with E-state index in [0.717, 1.165) is 5.56 Å². The third-order valence-corrected chi connectivity index (χ3v) is 3.62. The summed E-state index contributed by atoms with van der Waals surface area (Å²) in [5, 5.41) is 12.6. The van der Waals surface area contributed by atoms with E-state index >= 15 is 0 Å². The molecule has 2 rings (SSSR count). The van der Waals surface area contributed by atoms with Crippen LogP contribution >= 0.6 is 11.6 Å². The Hall–Kier alpha value is -1.53. The molecule has 0 saturated heterocycles. The van der Waals surface area contributed by atoms with Gasteiger partial charge in [0.2, 0.25) is 5.91 Å². The first-order valence-electron chi connectivity index (χ1n) is 6.00. The number of nitrogens with one attached hydrogen (secondary N) is 1. The molecular formula is C14H15ClN2O. The van der Waals surface area contributed by atoms with Crippen LogP contribution in [-0.2, 0) is 11.3 Å².